The summed E-state index contributed by atoms with van der Waals surface area (Å²) in [6.45, 7) is 0.189. The van der Waals surface area contributed by atoms with Gasteiger partial charge in [0.25, 0.3) is 0 Å². The predicted octanol–water partition coefficient (Wildman–Crippen LogP) is 3.87. The molecule has 0 aliphatic rings. The molecule has 0 saturated heterocycles. The van der Waals surface area contributed by atoms with Gasteiger partial charge in [-0.1, -0.05) is 22.0 Å². The summed E-state index contributed by atoms with van der Waals surface area (Å²) in [6, 6.07) is 6.12. The summed E-state index contributed by atoms with van der Waals surface area (Å²) < 4.78 is 32.6. The van der Waals surface area contributed by atoms with Gasteiger partial charge in [-0.15, -0.1) is 11.3 Å². The van der Waals surface area contributed by atoms with Crippen LogP contribution in [0.25, 0.3) is 0 Å². The molecule has 2 nitrogen and oxygen atoms in total. The highest BCUT2D eigenvalue weighted by Gasteiger charge is 2.17. The van der Waals surface area contributed by atoms with Gasteiger partial charge in [0.1, 0.15) is 6.10 Å². The van der Waals surface area contributed by atoms with E-state index in [1.807, 2.05) is 17.5 Å². The summed E-state index contributed by atoms with van der Waals surface area (Å²) in [7, 11) is 0. The van der Waals surface area contributed by atoms with E-state index >= 15 is 0 Å². The van der Waals surface area contributed by atoms with Crippen LogP contribution in [-0.2, 0) is 0 Å². The molecular weight excluding hydrogens is 324 g/mol. The summed E-state index contributed by atoms with van der Waals surface area (Å²) in [5.41, 5.74) is 5.59. The molecule has 1 heterocycles. The van der Waals surface area contributed by atoms with E-state index in [9.17, 15) is 8.78 Å². The largest absolute Gasteiger partial charge is 0.480 e. The van der Waals surface area contributed by atoms with Crippen LogP contribution in [-0.4, -0.2) is 6.54 Å². The molecule has 0 amide bonds. The molecule has 2 aromatic rings. The molecule has 0 fully saturated rings. The Labute approximate surface area is 116 Å². The predicted molar refractivity (Wildman–Crippen MR) is 70.8 cm³/mol. The lowest BCUT2D eigenvalue weighted by Crippen LogP contribution is -2.18. The van der Waals surface area contributed by atoms with Crippen LogP contribution in [0.4, 0.5) is 8.78 Å². The zero-order chi connectivity index (χ0) is 13.1. The highest BCUT2D eigenvalue weighted by molar-refractivity contribution is 9.10. The number of ether oxygens (including phenoxy) is 1. The summed E-state index contributed by atoms with van der Waals surface area (Å²) in [5.74, 6) is -2.11. The molecule has 6 heteroatoms. The summed E-state index contributed by atoms with van der Waals surface area (Å²) in [5, 5.41) is 1.87. The van der Waals surface area contributed by atoms with Gasteiger partial charge in [-0.3, -0.25) is 0 Å². The average molecular weight is 334 g/mol. The fourth-order valence-corrected chi connectivity index (χ4v) is 2.64. The Balaban J connectivity index is 2.28. The molecule has 0 spiro atoms. The molecule has 2 N–H and O–H groups in total. The van der Waals surface area contributed by atoms with Gasteiger partial charge < -0.3 is 10.5 Å². The third-order valence-electron chi connectivity index (χ3n) is 2.30. The molecule has 1 aromatic heterocycles. The van der Waals surface area contributed by atoms with Gasteiger partial charge in [0.15, 0.2) is 11.6 Å². The van der Waals surface area contributed by atoms with Gasteiger partial charge >= 0.3 is 0 Å². The standard InChI is InChI=1S/C12H10BrF2NOS/c13-7-4-8(14)12(15)9(5-7)17-10(6-16)11-2-1-3-18-11/h1-5,10H,6,16H2. The van der Waals surface area contributed by atoms with E-state index < -0.39 is 17.7 Å². The average Bonchev–Trinajstić information content (AvgIpc) is 2.85. The molecule has 0 bridgehead atoms. The van der Waals surface area contributed by atoms with Crippen molar-refractivity contribution in [1.82, 2.24) is 0 Å². The molecule has 1 unspecified atom stereocenters. The number of nitrogens with two attached hydrogens (primary N) is 1. The normalized spacial score (nSPS) is 12.4. The maximum atomic E-state index is 13.6. The number of hydrogen-bond acceptors (Lipinski definition) is 3. The Hall–Kier alpha value is -0.980. The first-order valence-electron chi connectivity index (χ1n) is 5.16. The van der Waals surface area contributed by atoms with Gasteiger partial charge in [0, 0.05) is 15.9 Å². The third kappa shape index (κ3) is 2.88. The quantitative estimate of drug-likeness (QED) is 0.862. The summed E-state index contributed by atoms with van der Waals surface area (Å²) in [6.07, 6.45) is -0.479. The van der Waals surface area contributed by atoms with E-state index in [-0.39, 0.29) is 12.3 Å². The lowest BCUT2D eigenvalue weighted by molar-refractivity contribution is 0.205. The number of hydrogen-bond donors (Lipinski definition) is 1. The van der Waals surface area contributed by atoms with Gasteiger partial charge in [-0.05, 0) is 23.6 Å². The molecule has 0 aliphatic carbocycles. The van der Waals surface area contributed by atoms with Gasteiger partial charge in [-0.25, -0.2) is 4.39 Å². The highest BCUT2D eigenvalue weighted by Crippen LogP contribution is 2.30. The maximum absolute atomic E-state index is 13.6. The second-order valence-electron chi connectivity index (χ2n) is 3.56. The van der Waals surface area contributed by atoms with E-state index in [4.69, 9.17) is 10.5 Å². The van der Waals surface area contributed by atoms with Crippen LogP contribution in [0.15, 0.2) is 34.1 Å². The Morgan fingerprint density at radius 3 is 2.78 bits per heavy atom. The fraction of sp³-hybridized carbons (Fsp3) is 0.167. The SMILES string of the molecule is NCC(Oc1cc(Br)cc(F)c1F)c1cccs1. The minimum atomic E-state index is -1.01. The van der Waals surface area contributed by atoms with E-state index in [0.29, 0.717) is 4.47 Å². The minimum absolute atomic E-state index is 0.147. The summed E-state index contributed by atoms with van der Waals surface area (Å²) in [4.78, 5) is 0.872. The van der Waals surface area contributed by atoms with Crippen molar-refractivity contribution < 1.29 is 13.5 Å². The van der Waals surface area contributed by atoms with E-state index in [0.717, 1.165) is 10.9 Å². The smallest absolute Gasteiger partial charge is 0.200 e. The molecule has 0 saturated carbocycles. The van der Waals surface area contributed by atoms with Crippen molar-refractivity contribution in [2.24, 2.45) is 5.73 Å². The van der Waals surface area contributed by atoms with Crippen molar-refractivity contribution in [2.75, 3.05) is 6.54 Å². The van der Waals surface area contributed by atoms with Gasteiger partial charge in [0.05, 0.1) is 0 Å². The fourth-order valence-electron chi connectivity index (χ4n) is 1.47. The highest BCUT2D eigenvalue weighted by atomic mass is 79.9. The molecule has 1 aromatic carbocycles. The molecular formula is C12H10BrF2NOS. The lowest BCUT2D eigenvalue weighted by Gasteiger charge is -2.16. The number of thiophene rings is 1. The van der Waals surface area contributed by atoms with Crippen molar-refractivity contribution >= 4 is 27.3 Å². The van der Waals surface area contributed by atoms with Crippen LogP contribution in [0.1, 0.15) is 11.0 Å². The molecule has 2 rings (SSSR count). The Kier molecular flexibility index (Phi) is 4.31. The number of halogens is 3. The van der Waals surface area contributed by atoms with Crippen molar-refractivity contribution in [2.45, 2.75) is 6.10 Å². The van der Waals surface area contributed by atoms with Crippen LogP contribution in [0.2, 0.25) is 0 Å². The zero-order valence-corrected chi connectivity index (χ0v) is 11.6. The minimum Gasteiger partial charge on any atom is -0.480 e. The Morgan fingerprint density at radius 1 is 1.39 bits per heavy atom. The first-order chi connectivity index (χ1) is 8.61. The van der Waals surface area contributed by atoms with Crippen molar-refractivity contribution in [3.05, 3.63) is 50.6 Å². The van der Waals surface area contributed by atoms with Crippen LogP contribution in [0.3, 0.4) is 0 Å². The lowest BCUT2D eigenvalue weighted by atomic mass is 10.2. The first kappa shape index (κ1) is 13.5. The van der Waals surface area contributed by atoms with Crippen LogP contribution >= 0.6 is 27.3 Å². The molecule has 0 aliphatic heterocycles. The Bertz CT molecular complexity index is 533. The second kappa shape index (κ2) is 5.77. The maximum Gasteiger partial charge on any atom is 0.200 e. The van der Waals surface area contributed by atoms with Gasteiger partial charge in [-0.2, -0.15) is 4.39 Å². The van der Waals surface area contributed by atoms with E-state index in [1.165, 1.54) is 17.4 Å². The van der Waals surface area contributed by atoms with Crippen LogP contribution in [0, 0.1) is 11.6 Å². The van der Waals surface area contributed by atoms with Crippen molar-refractivity contribution in [3.63, 3.8) is 0 Å². The second-order valence-corrected chi connectivity index (χ2v) is 5.45. The summed E-state index contributed by atoms with van der Waals surface area (Å²) >= 11 is 4.55. The van der Waals surface area contributed by atoms with Gasteiger partial charge in [0.2, 0.25) is 5.82 Å². The van der Waals surface area contributed by atoms with Crippen molar-refractivity contribution in [1.29, 1.82) is 0 Å². The van der Waals surface area contributed by atoms with Crippen LogP contribution < -0.4 is 10.5 Å². The third-order valence-corrected chi connectivity index (χ3v) is 3.73. The van der Waals surface area contributed by atoms with E-state index in [1.54, 1.807) is 0 Å². The molecule has 0 radical (unpaired) electrons. The topological polar surface area (TPSA) is 35.2 Å². The van der Waals surface area contributed by atoms with E-state index in [2.05, 4.69) is 15.9 Å². The zero-order valence-electron chi connectivity index (χ0n) is 9.20. The van der Waals surface area contributed by atoms with Crippen LogP contribution in [0.5, 0.6) is 5.75 Å². The first-order valence-corrected chi connectivity index (χ1v) is 6.83. The number of benzene rings is 1. The molecule has 96 valence electrons. The molecule has 18 heavy (non-hydrogen) atoms. The monoisotopic (exact) mass is 333 g/mol. The Morgan fingerprint density at radius 2 is 2.17 bits per heavy atom. The molecule has 1 atom stereocenters. The number of rotatable bonds is 4. The van der Waals surface area contributed by atoms with Crippen molar-refractivity contribution in [3.8, 4) is 5.75 Å².